The molecule has 0 aliphatic heterocycles. The van der Waals surface area contributed by atoms with Crippen molar-refractivity contribution in [2.24, 2.45) is 0 Å². The van der Waals surface area contributed by atoms with Crippen LogP contribution in [0.25, 0.3) is 0 Å². The van der Waals surface area contributed by atoms with Crippen molar-refractivity contribution in [2.75, 3.05) is 13.2 Å². The summed E-state index contributed by atoms with van der Waals surface area (Å²) >= 11 is 11.9. The summed E-state index contributed by atoms with van der Waals surface area (Å²) in [5.41, 5.74) is -0.813. The predicted octanol–water partition coefficient (Wildman–Crippen LogP) is 4.51. The van der Waals surface area contributed by atoms with Gasteiger partial charge in [0.2, 0.25) is 0 Å². The molecule has 0 N–H and O–H groups in total. The number of halogens is 2. The molecule has 0 rings (SSSR count). The minimum absolute atomic E-state index is 0.116. The van der Waals surface area contributed by atoms with Crippen molar-refractivity contribution in [1.82, 2.24) is 0 Å². The van der Waals surface area contributed by atoms with E-state index in [0.29, 0.717) is 12.8 Å². The Balaban J connectivity index is 5.20. The highest BCUT2D eigenvalue weighted by atomic mass is 35.5. The normalized spacial score (nSPS) is 13.3. The van der Waals surface area contributed by atoms with Crippen LogP contribution in [0.2, 0.25) is 0 Å². The van der Waals surface area contributed by atoms with Crippen LogP contribution in [0, 0.1) is 0 Å². The van der Waals surface area contributed by atoms with Crippen LogP contribution in [0.3, 0.4) is 0 Å². The van der Waals surface area contributed by atoms with Crippen molar-refractivity contribution in [3.05, 3.63) is 0 Å². The Morgan fingerprint density at radius 3 is 1.75 bits per heavy atom. The maximum absolute atomic E-state index is 12.7. The van der Waals surface area contributed by atoms with Gasteiger partial charge in [-0.1, -0.05) is 37.0 Å². The second-order valence-electron chi connectivity index (χ2n) is 5.21. The van der Waals surface area contributed by atoms with Gasteiger partial charge >= 0.3 is 17.6 Å². The molecule has 0 aromatic heterocycles. The van der Waals surface area contributed by atoms with Crippen LogP contribution in [0.4, 0.5) is 0 Å². The smallest absolute Gasteiger partial charge is 0.378 e. The second-order valence-corrected chi connectivity index (χ2v) is 9.24. The van der Waals surface area contributed by atoms with Crippen molar-refractivity contribution in [3.8, 4) is 0 Å². The SMILES string of the molecule is CCCOP(=O)(OCCC)C(Cl)(Cl)C(=O)OC(C)(C)C. The molecule has 0 heterocycles. The van der Waals surface area contributed by atoms with E-state index in [-0.39, 0.29) is 13.2 Å². The van der Waals surface area contributed by atoms with Crippen molar-refractivity contribution in [3.63, 3.8) is 0 Å². The summed E-state index contributed by atoms with van der Waals surface area (Å²) in [5.74, 6) is -1.04. The Morgan fingerprint density at radius 2 is 1.45 bits per heavy atom. The molecule has 0 saturated carbocycles. The Labute approximate surface area is 130 Å². The van der Waals surface area contributed by atoms with Gasteiger partial charge in [0.15, 0.2) is 0 Å². The lowest BCUT2D eigenvalue weighted by Gasteiger charge is -2.30. The zero-order valence-corrected chi connectivity index (χ0v) is 15.0. The highest BCUT2D eigenvalue weighted by Crippen LogP contribution is 2.65. The molecular weight excluding hydrogens is 326 g/mol. The fourth-order valence-electron chi connectivity index (χ4n) is 1.07. The molecule has 0 unspecified atom stereocenters. The lowest BCUT2D eigenvalue weighted by atomic mass is 10.2. The summed E-state index contributed by atoms with van der Waals surface area (Å²) in [7, 11) is -4.04. The highest BCUT2D eigenvalue weighted by molar-refractivity contribution is 7.61. The zero-order chi connectivity index (χ0) is 16.0. The molecule has 0 atom stereocenters. The van der Waals surface area contributed by atoms with E-state index in [1.807, 2.05) is 13.8 Å². The molecule has 0 spiro atoms. The fraction of sp³-hybridized carbons (Fsp3) is 0.917. The van der Waals surface area contributed by atoms with Crippen molar-refractivity contribution >= 4 is 36.8 Å². The maximum atomic E-state index is 12.7. The van der Waals surface area contributed by atoms with E-state index in [1.54, 1.807) is 20.8 Å². The molecule has 0 aromatic carbocycles. The number of rotatable bonds is 8. The second kappa shape index (κ2) is 8.00. The van der Waals surface area contributed by atoms with Gasteiger partial charge in [-0.25, -0.2) is 4.79 Å². The van der Waals surface area contributed by atoms with Crippen LogP contribution in [0.15, 0.2) is 0 Å². The summed E-state index contributed by atoms with van der Waals surface area (Å²) in [6, 6.07) is 0. The molecule has 5 nitrogen and oxygen atoms in total. The van der Waals surface area contributed by atoms with E-state index in [2.05, 4.69) is 0 Å². The number of esters is 1. The molecule has 20 heavy (non-hydrogen) atoms. The van der Waals surface area contributed by atoms with E-state index < -0.39 is 23.2 Å². The van der Waals surface area contributed by atoms with Crippen LogP contribution in [0.1, 0.15) is 47.5 Å². The molecule has 0 radical (unpaired) electrons. The monoisotopic (exact) mass is 348 g/mol. The lowest BCUT2D eigenvalue weighted by molar-refractivity contribution is -0.154. The number of ether oxygens (including phenoxy) is 1. The molecule has 0 aromatic rings. The third-order valence-corrected chi connectivity index (χ3v) is 5.39. The molecule has 0 aliphatic carbocycles. The van der Waals surface area contributed by atoms with E-state index >= 15 is 0 Å². The van der Waals surface area contributed by atoms with Crippen molar-refractivity contribution in [1.29, 1.82) is 0 Å². The number of hydrogen-bond donors (Lipinski definition) is 0. The molecule has 0 fully saturated rings. The minimum Gasteiger partial charge on any atom is -0.457 e. The minimum atomic E-state index is -4.04. The molecule has 8 heteroatoms. The first-order valence-corrected chi connectivity index (χ1v) is 8.80. The number of hydrogen-bond acceptors (Lipinski definition) is 5. The van der Waals surface area contributed by atoms with Gasteiger partial charge in [0.25, 0.3) is 0 Å². The quantitative estimate of drug-likeness (QED) is 0.367. The molecule has 0 saturated heterocycles. The summed E-state index contributed by atoms with van der Waals surface area (Å²) < 4.78 is 25.7. The number of carbonyl (C=O) groups excluding carboxylic acids is 1. The fourth-order valence-corrected chi connectivity index (χ4v) is 3.25. The molecular formula is C12H23Cl2O5P. The Bertz CT molecular complexity index is 353. The lowest BCUT2D eigenvalue weighted by Crippen LogP contribution is -2.36. The first kappa shape index (κ1) is 20.2. The van der Waals surface area contributed by atoms with Gasteiger partial charge in [-0.05, 0) is 33.6 Å². The van der Waals surface area contributed by atoms with Gasteiger partial charge in [-0.15, -0.1) is 0 Å². The van der Waals surface area contributed by atoms with E-state index in [0.717, 1.165) is 0 Å². The summed E-state index contributed by atoms with van der Waals surface area (Å²) in [5, 5.41) is 0. The Kier molecular flexibility index (Phi) is 8.08. The number of carbonyl (C=O) groups is 1. The van der Waals surface area contributed by atoms with Gasteiger partial charge in [0.1, 0.15) is 5.60 Å². The van der Waals surface area contributed by atoms with Crippen LogP contribution < -0.4 is 0 Å². The summed E-state index contributed by atoms with van der Waals surface area (Å²) in [4.78, 5) is 12.0. The third-order valence-electron chi connectivity index (χ3n) is 1.92. The van der Waals surface area contributed by atoms with Gasteiger partial charge in [-0.3, -0.25) is 4.57 Å². The van der Waals surface area contributed by atoms with Gasteiger partial charge in [-0.2, -0.15) is 0 Å². The molecule has 0 amide bonds. The van der Waals surface area contributed by atoms with Crippen LogP contribution in [0.5, 0.6) is 0 Å². The average molecular weight is 349 g/mol. The topological polar surface area (TPSA) is 61.8 Å². The predicted molar refractivity (Wildman–Crippen MR) is 80.4 cm³/mol. The van der Waals surface area contributed by atoms with Crippen LogP contribution >= 0.6 is 30.8 Å². The standard InChI is InChI=1S/C12H23Cl2O5P/c1-6-8-17-20(16,18-9-7-2)12(13,14)10(15)19-11(3,4)5/h6-9H2,1-5H3. The van der Waals surface area contributed by atoms with Crippen LogP contribution in [-0.2, 0) is 23.1 Å². The van der Waals surface area contributed by atoms with Gasteiger partial charge in [0, 0.05) is 0 Å². The van der Waals surface area contributed by atoms with Crippen molar-refractivity contribution < 1.29 is 23.1 Å². The first-order chi connectivity index (χ1) is 9.00. The van der Waals surface area contributed by atoms with Gasteiger partial charge in [0.05, 0.1) is 13.2 Å². The third kappa shape index (κ3) is 5.90. The van der Waals surface area contributed by atoms with Gasteiger partial charge < -0.3 is 13.8 Å². The van der Waals surface area contributed by atoms with Crippen LogP contribution in [-0.4, -0.2) is 28.9 Å². The summed E-state index contributed by atoms with van der Waals surface area (Å²) in [6.45, 7) is 8.83. The molecule has 0 aliphatic rings. The van der Waals surface area contributed by atoms with E-state index in [1.165, 1.54) is 0 Å². The molecule has 120 valence electrons. The largest absolute Gasteiger partial charge is 0.457 e. The Morgan fingerprint density at radius 1 is 1.05 bits per heavy atom. The summed E-state index contributed by atoms with van der Waals surface area (Å²) in [6.07, 6.45) is 1.16. The molecule has 0 bridgehead atoms. The highest BCUT2D eigenvalue weighted by Gasteiger charge is 2.57. The Hall–Kier alpha value is 0.200. The zero-order valence-electron chi connectivity index (χ0n) is 12.6. The number of alkyl halides is 2. The van der Waals surface area contributed by atoms with E-state index in [4.69, 9.17) is 37.0 Å². The maximum Gasteiger partial charge on any atom is 0.378 e. The first-order valence-electron chi connectivity index (χ1n) is 6.50. The van der Waals surface area contributed by atoms with E-state index in [9.17, 15) is 9.36 Å². The van der Waals surface area contributed by atoms with Crippen molar-refractivity contribution in [2.45, 2.75) is 57.1 Å². The average Bonchev–Trinajstić information content (AvgIpc) is 2.31.